The first-order valence-corrected chi connectivity index (χ1v) is 10.0. The summed E-state index contributed by atoms with van der Waals surface area (Å²) in [7, 11) is 0. The Kier molecular flexibility index (Phi) is 5.91. The molecule has 1 aromatic rings. The van der Waals surface area contributed by atoms with Gasteiger partial charge in [0.15, 0.2) is 0 Å². The van der Waals surface area contributed by atoms with Crippen molar-refractivity contribution >= 4 is 5.91 Å². The highest BCUT2D eigenvalue weighted by molar-refractivity contribution is 5.79. The number of hydrogen-bond acceptors (Lipinski definition) is 3. The van der Waals surface area contributed by atoms with Crippen LogP contribution in [0.2, 0.25) is 0 Å². The second-order valence-corrected chi connectivity index (χ2v) is 8.85. The van der Waals surface area contributed by atoms with Crippen LogP contribution in [0.15, 0.2) is 24.3 Å². The summed E-state index contributed by atoms with van der Waals surface area (Å²) in [6.45, 7) is 10.5. The van der Waals surface area contributed by atoms with Crippen LogP contribution in [0.4, 0.5) is 0 Å². The predicted molar refractivity (Wildman–Crippen MR) is 103 cm³/mol. The van der Waals surface area contributed by atoms with Gasteiger partial charge in [-0.3, -0.25) is 4.79 Å². The van der Waals surface area contributed by atoms with E-state index in [0.29, 0.717) is 37.6 Å². The van der Waals surface area contributed by atoms with Crippen molar-refractivity contribution in [3.05, 3.63) is 29.8 Å². The smallest absolute Gasteiger partial charge is 0.226 e. The van der Waals surface area contributed by atoms with Crippen molar-refractivity contribution in [1.82, 2.24) is 4.90 Å². The number of rotatable bonds is 7. The average Bonchev–Trinajstić information content (AvgIpc) is 3.41. The normalized spacial score (nSPS) is 22.3. The van der Waals surface area contributed by atoms with E-state index in [1.807, 2.05) is 12.1 Å². The summed E-state index contributed by atoms with van der Waals surface area (Å²) in [6.07, 6.45) is 3.90. The molecule has 1 aromatic carbocycles. The third-order valence-electron chi connectivity index (χ3n) is 5.15. The van der Waals surface area contributed by atoms with Crippen molar-refractivity contribution in [3.63, 3.8) is 0 Å². The first-order valence-electron chi connectivity index (χ1n) is 10.0. The fraction of sp³-hybridized carbons (Fsp3) is 0.682. The minimum Gasteiger partial charge on any atom is -0.493 e. The third kappa shape index (κ3) is 5.23. The summed E-state index contributed by atoms with van der Waals surface area (Å²) >= 11 is 0. The van der Waals surface area contributed by atoms with Gasteiger partial charge in [-0.1, -0.05) is 26.0 Å². The standard InChI is InChI=1S/C22H33NO3/c1-16(2)15-25-20-7-5-6-17(12-20)14-23(19-8-9-19)21(24)18-10-11-26-22(3,4)13-18/h5-7,12,16,18-19H,8-11,13-15H2,1-4H3/t18-/m0/s1. The molecule has 2 aliphatic rings. The summed E-state index contributed by atoms with van der Waals surface area (Å²) in [4.78, 5) is 15.3. The zero-order valence-corrected chi connectivity index (χ0v) is 16.7. The Balaban J connectivity index is 1.67. The lowest BCUT2D eigenvalue weighted by Gasteiger charge is -2.37. The topological polar surface area (TPSA) is 38.8 Å². The van der Waals surface area contributed by atoms with Gasteiger partial charge < -0.3 is 14.4 Å². The van der Waals surface area contributed by atoms with Gasteiger partial charge in [-0.2, -0.15) is 0 Å². The van der Waals surface area contributed by atoms with Crippen LogP contribution >= 0.6 is 0 Å². The molecular weight excluding hydrogens is 326 g/mol. The zero-order chi connectivity index (χ0) is 18.7. The first kappa shape index (κ1) is 19.2. The minimum atomic E-state index is -0.196. The van der Waals surface area contributed by atoms with Crippen LogP contribution in [0.25, 0.3) is 0 Å². The molecule has 2 fully saturated rings. The van der Waals surface area contributed by atoms with E-state index in [1.165, 1.54) is 0 Å². The number of amides is 1. The Bertz CT molecular complexity index is 622. The van der Waals surface area contributed by atoms with Crippen LogP contribution in [0, 0.1) is 11.8 Å². The summed E-state index contributed by atoms with van der Waals surface area (Å²) < 4.78 is 11.6. The van der Waals surface area contributed by atoms with Gasteiger partial charge in [0.05, 0.1) is 12.2 Å². The monoisotopic (exact) mass is 359 g/mol. The van der Waals surface area contributed by atoms with Gasteiger partial charge in [-0.15, -0.1) is 0 Å². The van der Waals surface area contributed by atoms with E-state index >= 15 is 0 Å². The molecule has 0 unspecified atom stereocenters. The SMILES string of the molecule is CC(C)COc1cccc(CN(C(=O)[C@H]2CCOC(C)(C)C2)C2CC2)c1. The number of carbonyl (C=O) groups is 1. The molecule has 4 heteroatoms. The Morgan fingerprint density at radius 2 is 2.08 bits per heavy atom. The van der Waals surface area contributed by atoms with Gasteiger partial charge in [-0.05, 0) is 63.1 Å². The van der Waals surface area contributed by atoms with E-state index in [1.54, 1.807) is 0 Å². The van der Waals surface area contributed by atoms with Crippen molar-refractivity contribution in [2.75, 3.05) is 13.2 Å². The largest absolute Gasteiger partial charge is 0.493 e. The maximum Gasteiger partial charge on any atom is 0.226 e. The molecule has 1 aliphatic heterocycles. The Morgan fingerprint density at radius 1 is 1.31 bits per heavy atom. The minimum absolute atomic E-state index is 0.0831. The Morgan fingerprint density at radius 3 is 2.73 bits per heavy atom. The van der Waals surface area contributed by atoms with E-state index in [-0.39, 0.29) is 11.5 Å². The van der Waals surface area contributed by atoms with Crippen LogP contribution in [-0.4, -0.2) is 35.7 Å². The highest BCUT2D eigenvalue weighted by Gasteiger charge is 2.39. The summed E-state index contributed by atoms with van der Waals surface area (Å²) in [5.41, 5.74) is 0.955. The molecule has 1 amide bonds. The molecule has 0 radical (unpaired) electrons. The van der Waals surface area contributed by atoms with E-state index in [9.17, 15) is 4.79 Å². The summed E-state index contributed by atoms with van der Waals surface area (Å²) in [6, 6.07) is 8.61. The average molecular weight is 360 g/mol. The lowest BCUT2D eigenvalue weighted by Crippen LogP contribution is -2.44. The zero-order valence-electron chi connectivity index (χ0n) is 16.7. The second-order valence-electron chi connectivity index (χ2n) is 8.85. The first-order chi connectivity index (χ1) is 12.3. The van der Waals surface area contributed by atoms with Crippen molar-refractivity contribution in [2.24, 2.45) is 11.8 Å². The van der Waals surface area contributed by atoms with Crippen LogP contribution in [0.5, 0.6) is 5.75 Å². The van der Waals surface area contributed by atoms with Crippen LogP contribution in [0.3, 0.4) is 0 Å². The van der Waals surface area contributed by atoms with E-state index in [2.05, 4.69) is 44.7 Å². The summed E-state index contributed by atoms with van der Waals surface area (Å²) in [5, 5.41) is 0. The number of hydrogen-bond donors (Lipinski definition) is 0. The molecule has 0 N–H and O–H groups in total. The predicted octanol–water partition coefficient (Wildman–Crippen LogP) is 4.42. The molecule has 4 nitrogen and oxygen atoms in total. The molecule has 3 rings (SSSR count). The number of carbonyl (C=O) groups excluding carboxylic acids is 1. The molecule has 26 heavy (non-hydrogen) atoms. The van der Waals surface area contributed by atoms with Crippen LogP contribution in [-0.2, 0) is 16.1 Å². The second kappa shape index (κ2) is 7.99. The highest BCUT2D eigenvalue weighted by atomic mass is 16.5. The number of ether oxygens (including phenoxy) is 2. The molecule has 1 saturated heterocycles. The quantitative estimate of drug-likeness (QED) is 0.723. The number of benzene rings is 1. The van der Waals surface area contributed by atoms with Gasteiger partial charge in [0, 0.05) is 25.1 Å². The van der Waals surface area contributed by atoms with E-state index < -0.39 is 0 Å². The lowest BCUT2D eigenvalue weighted by atomic mass is 9.87. The molecular formula is C22H33NO3. The number of nitrogens with zero attached hydrogens (tertiary/aromatic N) is 1. The van der Waals surface area contributed by atoms with Gasteiger partial charge in [0.25, 0.3) is 0 Å². The van der Waals surface area contributed by atoms with Crippen LogP contribution < -0.4 is 4.74 Å². The molecule has 0 bridgehead atoms. The summed E-state index contributed by atoms with van der Waals surface area (Å²) in [5.74, 6) is 1.78. The van der Waals surface area contributed by atoms with Crippen molar-refractivity contribution < 1.29 is 14.3 Å². The Labute approximate surface area is 157 Å². The molecule has 0 aromatic heterocycles. The van der Waals surface area contributed by atoms with Crippen molar-refractivity contribution in [1.29, 1.82) is 0 Å². The van der Waals surface area contributed by atoms with Crippen molar-refractivity contribution in [3.8, 4) is 5.75 Å². The Hall–Kier alpha value is -1.55. The molecule has 1 heterocycles. The molecule has 1 aliphatic carbocycles. The van der Waals surface area contributed by atoms with Gasteiger partial charge in [0.1, 0.15) is 5.75 Å². The van der Waals surface area contributed by atoms with E-state index in [0.717, 1.165) is 37.0 Å². The van der Waals surface area contributed by atoms with Gasteiger partial charge >= 0.3 is 0 Å². The maximum absolute atomic E-state index is 13.2. The third-order valence-corrected chi connectivity index (χ3v) is 5.15. The molecule has 144 valence electrons. The highest BCUT2D eigenvalue weighted by Crippen LogP contribution is 2.35. The van der Waals surface area contributed by atoms with E-state index in [4.69, 9.17) is 9.47 Å². The maximum atomic E-state index is 13.2. The fourth-order valence-corrected chi connectivity index (χ4v) is 3.64. The van der Waals surface area contributed by atoms with Crippen molar-refractivity contribution in [2.45, 2.75) is 71.6 Å². The fourth-order valence-electron chi connectivity index (χ4n) is 3.64. The lowest BCUT2D eigenvalue weighted by molar-refractivity contribution is -0.146. The molecule has 0 spiro atoms. The molecule has 1 saturated carbocycles. The van der Waals surface area contributed by atoms with Crippen LogP contribution in [0.1, 0.15) is 58.9 Å². The molecule has 1 atom stereocenters. The van der Waals surface area contributed by atoms with Gasteiger partial charge in [0.2, 0.25) is 5.91 Å². The van der Waals surface area contributed by atoms with Gasteiger partial charge in [-0.25, -0.2) is 0 Å².